The van der Waals surface area contributed by atoms with Crippen molar-refractivity contribution in [2.24, 2.45) is 0 Å². The highest BCUT2D eigenvalue weighted by atomic mass is 32.1. The van der Waals surface area contributed by atoms with E-state index in [-0.39, 0.29) is 11.4 Å². The Hall–Kier alpha value is -1.62. The van der Waals surface area contributed by atoms with E-state index < -0.39 is 11.6 Å². The monoisotopic (exact) mass is 208 g/mol. The summed E-state index contributed by atoms with van der Waals surface area (Å²) in [6, 6.07) is 4.18. The molecule has 0 aliphatic heterocycles. The van der Waals surface area contributed by atoms with Gasteiger partial charge < -0.3 is 0 Å². The Bertz CT molecular complexity index is 456. The molecule has 0 amide bonds. The fourth-order valence-electron chi connectivity index (χ4n) is 1.00. The van der Waals surface area contributed by atoms with Crippen molar-refractivity contribution < 1.29 is 9.18 Å². The molecule has 0 saturated heterocycles. The van der Waals surface area contributed by atoms with E-state index in [0.717, 1.165) is 11.5 Å². The van der Waals surface area contributed by atoms with Crippen molar-refractivity contribution in [3.63, 3.8) is 0 Å². The smallest absolute Gasteiger partial charge is 0.233 e. The third-order valence-corrected chi connectivity index (χ3v) is 2.20. The lowest BCUT2D eigenvalue weighted by molar-refractivity contribution is 0.102. The van der Waals surface area contributed by atoms with Crippen LogP contribution >= 0.6 is 11.5 Å². The minimum Gasteiger partial charge on any atom is -0.285 e. The number of halogens is 1. The van der Waals surface area contributed by atoms with E-state index in [4.69, 9.17) is 0 Å². The second-order valence-corrected chi connectivity index (χ2v) is 3.21. The summed E-state index contributed by atoms with van der Waals surface area (Å²) in [5.41, 5.74) is 0.0472. The van der Waals surface area contributed by atoms with Crippen LogP contribution in [-0.2, 0) is 0 Å². The minimum atomic E-state index is -0.620. The predicted molar refractivity (Wildman–Crippen MR) is 49.7 cm³/mol. The van der Waals surface area contributed by atoms with Gasteiger partial charge >= 0.3 is 0 Å². The molecule has 0 saturated carbocycles. The molecule has 70 valence electrons. The third-order valence-electron chi connectivity index (χ3n) is 1.64. The first-order valence-corrected chi connectivity index (χ1v) is 4.68. The molecule has 0 radical (unpaired) electrons. The second kappa shape index (κ2) is 3.63. The number of hydrogen-bond donors (Lipinski definition) is 0. The average Bonchev–Trinajstić information content (AvgIpc) is 2.70. The van der Waals surface area contributed by atoms with Crippen LogP contribution in [0.4, 0.5) is 4.39 Å². The highest BCUT2D eigenvalue weighted by Crippen LogP contribution is 2.10. The first-order valence-electron chi connectivity index (χ1n) is 3.84. The van der Waals surface area contributed by atoms with E-state index in [0.29, 0.717) is 0 Å². The molecule has 0 aliphatic rings. The van der Waals surface area contributed by atoms with Crippen LogP contribution in [0, 0.1) is 5.82 Å². The van der Waals surface area contributed by atoms with Crippen LogP contribution in [0.15, 0.2) is 29.8 Å². The Kier molecular flexibility index (Phi) is 2.32. The molecule has 0 bridgehead atoms. The molecule has 2 aromatic rings. The summed E-state index contributed by atoms with van der Waals surface area (Å²) in [5, 5.41) is 1.66. The maximum atomic E-state index is 13.1. The third kappa shape index (κ3) is 1.54. The molecule has 2 rings (SSSR count). The Morgan fingerprint density at radius 3 is 2.93 bits per heavy atom. The number of hydrogen-bond acceptors (Lipinski definition) is 4. The molecular weight excluding hydrogens is 203 g/mol. The van der Waals surface area contributed by atoms with Crippen molar-refractivity contribution in [1.29, 1.82) is 0 Å². The van der Waals surface area contributed by atoms with Crippen LogP contribution in [0.1, 0.15) is 16.2 Å². The van der Waals surface area contributed by atoms with Gasteiger partial charge in [-0.3, -0.25) is 4.79 Å². The molecule has 0 atom stereocenters. The maximum absolute atomic E-state index is 13.1. The summed E-state index contributed by atoms with van der Waals surface area (Å²) in [6.07, 6.45) is 1.38. The van der Waals surface area contributed by atoms with E-state index in [2.05, 4.69) is 9.36 Å². The zero-order valence-electron chi connectivity index (χ0n) is 6.98. The molecule has 5 heteroatoms. The van der Waals surface area contributed by atoms with E-state index in [1.807, 2.05) is 0 Å². The van der Waals surface area contributed by atoms with Gasteiger partial charge in [-0.2, -0.15) is 4.37 Å². The molecule has 0 spiro atoms. The van der Waals surface area contributed by atoms with E-state index in [1.165, 1.54) is 18.3 Å². The summed E-state index contributed by atoms with van der Waals surface area (Å²) in [7, 11) is 0. The maximum Gasteiger partial charge on any atom is 0.233 e. The van der Waals surface area contributed by atoms with Gasteiger partial charge in [0.15, 0.2) is 5.82 Å². The number of ketones is 1. The van der Waals surface area contributed by atoms with Crippen molar-refractivity contribution in [3.05, 3.63) is 47.0 Å². The summed E-state index contributed by atoms with van der Waals surface area (Å²) in [6.45, 7) is 0. The number of carbonyl (C=O) groups is 1. The number of pyridine rings is 1. The quantitative estimate of drug-likeness (QED) is 0.708. The van der Waals surface area contributed by atoms with Gasteiger partial charge in [0.2, 0.25) is 5.78 Å². The molecule has 0 aromatic carbocycles. The second-order valence-electron chi connectivity index (χ2n) is 2.55. The minimum absolute atomic E-state index is 0.182. The van der Waals surface area contributed by atoms with Crippen LogP contribution in [-0.4, -0.2) is 15.1 Å². The fourth-order valence-corrected chi connectivity index (χ4v) is 1.51. The van der Waals surface area contributed by atoms with Crippen molar-refractivity contribution >= 4 is 17.3 Å². The lowest BCUT2D eigenvalue weighted by atomic mass is 10.2. The topological polar surface area (TPSA) is 42.9 Å². The zero-order chi connectivity index (χ0) is 9.97. The number of aromatic nitrogens is 2. The molecule has 0 N–H and O–H groups in total. The van der Waals surface area contributed by atoms with Crippen LogP contribution in [0.25, 0.3) is 0 Å². The van der Waals surface area contributed by atoms with E-state index >= 15 is 0 Å². The first kappa shape index (κ1) is 8.96. The summed E-state index contributed by atoms with van der Waals surface area (Å²) >= 11 is 1.15. The van der Waals surface area contributed by atoms with Gasteiger partial charge in [0, 0.05) is 11.6 Å². The standard InChI is InChI=1S/C9H5FN2OS/c10-6-2-1-4-11-8(6)9(13)7-3-5-14-12-7/h1-5H. The van der Waals surface area contributed by atoms with Gasteiger partial charge in [-0.25, -0.2) is 9.37 Å². The Balaban J connectivity index is 2.42. The molecule has 2 heterocycles. The molecule has 0 unspecified atom stereocenters. The first-order chi connectivity index (χ1) is 6.79. The fraction of sp³-hybridized carbons (Fsp3) is 0. The van der Waals surface area contributed by atoms with Crippen molar-refractivity contribution in [2.75, 3.05) is 0 Å². The summed E-state index contributed by atoms with van der Waals surface area (Å²) < 4.78 is 16.9. The Morgan fingerprint density at radius 2 is 2.29 bits per heavy atom. The summed E-state index contributed by atoms with van der Waals surface area (Å²) in [5.74, 6) is -1.10. The van der Waals surface area contributed by atoms with Crippen molar-refractivity contribution in [1.82, 2.24) is 9.36 Å². The SMILES string of the molecule is O=C(c1ccsn1)c1ncccc1F. The number of rotatable bonds is 2. The van der Waals surface area contributed by atoms with Gasteiger partial charge in [0.1, 0.15) is 11.4 Å². The molecule has 3 nitrogen and oxygen atoms in total. The van der Waals surface area contributed by atoms with Crippen LogP contribution in [0.5, 0.6) is 0 Å². The molecule has 2 aromatic heterocycles. The highest BCUT2D eigenvalue weighted by molar-refractivity contribution is 7.03. The molecule has 14 heavy (non-hydrogen) atoms. The highest BCUT2D eigenvalue weighted by Gasteiger charge is 2.16. The molecule has 0 fully saturated rings. The molecular formula is C9H5FN2OS. The summed E-state index contributed by atoms with van der Waals surface area (Å²) in [4.78, 5) is 15.2. The zero-order valence-corrected chi connectivity index (χ0v) is 7.79. The van der Waals surface area contributed by atoms with Gasteiger partial charge in [-0.15, -0.1) is 0 Å². The molecule has 0 aliphatic carbocycles. The lowest BCUT2D eigenvalue weighted by Gasteiger charge is -1.96. The van der Waals surface area contributed by atoms with Crippen molar-refractivity contribution in [2.45, 2.75) is 0 Å². The predicted octanol–water partition coefficient (Wildman–Crippen LogP) is 1.91. The van der Waals surface area contributed by atoms with Gasteiger partial charge in [-0.1, -0.05) is 0 Å². The van der Waals surface area contributed by atoms with Crippen LogP contribution in [0.3, 0.4) is 0 Å². The van der Waals surface area contributed by atoms with E-state index in [9.17, 15) is 9.18 Å². The number of nitrogens with zero attached hydrogens (tertiary/aromatic N) is 2. The van der Waals surface area contributed by atoms with Gasteiger partial charge in [0.25, 0.3) is 0 Å². The van der Waals surface area contributed by atoms with Crippen molar-refractivity contribution in [3.8, 4) is 0 Å². The van der Waals surface area contributed by atoms with E-state index in [1.54, 1.807) is 11.4 Å². The Morgan fingerprint density at radius 1 is 1.43 bits per heavy atom. The van der Waals surface area contributed by atoms with Gasteiger partial charge in [-0.05, 0) is 29.7 Å². The van der Waals surface area contributed by atoms with Crippen LogP contribution < -0.4 is 0 Å². The largest absolute Gasteiger partial charge is 0.285 e. The van der Waals surface area contributed by atoms with Crippen LogP contribution in [0.2, 0.25) is 0 Å². The average molecular weight is 208 g/mol. The van der Waals surface area contributed by atoms with Gasteiger partial charge in [0.05, 0.1) is 0 Å². The lowest BCUT2D eigenvalue weighted by Crippen LogP contribution is -2.06. The number of carbonyl (C=O) groups excluding carboxylic acids is 1. The normalized spacial score (nSPS) is 10.1. The Labute approximate surface area is 83.4 Å².